The summed E-state index contributed by atoms with van der Waals surface area (Å²) in [4.78, 5) is 0. The summed E-state index contributed by atoms with van der Waals surface area (Å²) in [6.45, 7) is 1.82. The minimum Gasteiger partial charge on any atom is -0.323 e. The molecule has 1 atom stereocenters. The molecule has 0 amide bonds. The third kappa shape index (κ3) is 1.46. The lowest BCUT2D eigenvalue weighted by molar-refractivity contribution is -0.0943. The van der Waals surface area contributed by atoms with Crippen molar-refractivity contribution in [3.63, 3.8) is 0 Å². The summed E-state index contributed by atoms with van der Waals surface area (Å²) in [5, 5.41) is 0. The molecule has 1 aliphatic rings. The van der Waals surface area contributed by atoms with Crippen molar-refractivity contribution in [1.82, 2.24) is 0 Å². The molecule has 6 heteroatoms. The van der Waals surface area contributed by atoms with Crippen LogP contribution >= 0.6 is 0 Å². The Hall–Kier alpha value is -0.170. The van der Waals surface area contributed by atoms with Gasteiger partial charge in [-0.05, 0) is 6.42 Å². The fourth-order valence-electron chi connectivity index (χ4n) is 0.575. The molecule has 0 radical (unpaired) electrons. The lowest BCUT2D eigenvalue weighted by Gasteiger charge is -2.28. The first-order valence-corrected chi connectivity index (χ1v) is 4.25. The second-order valence-electron chi connectivity index (χ2n) is 2.04. The predicted molar refractivity (Wildman–Crippen MR) is 33.1 cm³/mol. The largest absolute Gasteiger partial charge is 0.405 e. The van der Waals surface area contributed by atoms with E-state index in [2.05, 4.69) is 8.37 Å². The molecular weight excluding hydrogens is 158 g/mol. The van der Waals surface area contributed by atoms with E-state index in [4.69, 9.17) is 5.73 Å². The SMILES string of the molecule is CCC(N)C1OS(=O)(=O)O1. The Morgan fingerprint density at radius 1 is 1.60 bits per heavy atom. The molecule has 10 heavy (non-hydrogen) atoms. The van der Waals surface area contributed by atoms with Gasteiger partial charge in [0.05, 0.1) is 6.04 Å². The molecule has 60 valence electrons. The Bertz CT molecular complexity index is 199. The molecule has 1 unspecified atom stereocenters. The lowest BCUT2D eigenvalue weighted by Crippen LogP contribution is -2.48. The summed E-state index contributed by atoms with van der Waals surface area (Å²) >= 11 is 0. The molecule has 0 saturated carbocycles. The maximum absolute atomic E-state index is 10.2. The number of hydrogen-bond acceptors (Lipinski definition) is 5. The van der Waals surface area contributed by atoms with Gasteiger partial charge in [-0.3, -0.25) is 0 Å². The molecule has 0 aromatic heterocycles. The first kappa shape index (κ1) is 7.93. The molecule has 1 aliphatic heterocycles. The number of rotatable bonds is 2. The molecule has 0 aromatic rings. The molecule has 0 aliphatic carbocycles. The van der Waals surface area contributed by atoms with Crippen molar-refractivity contribution in [3.8, 4) is 0 Å². The first-order valence-electron chi connectivity index (χ1n) is 2.92. The average molecular weight is 167 g/mol. The monoisotopic (exact) mass is 167 g/mol. The van der Waals surface area contributed by atoms with Crippen molar-refractivity contribution in [2.24, 2.45) is 5.73 Å². The van der Waals surface area contributed by atoms with Crippen molar-refractivity contribution < 1.29 is 16.8 Å². The summed E-state index contributed by atoms with van der Waals surface area (Å²) in [7, 11) is -3.67. The van der Waals surface area contributed by atoms with Gasteiger partial charge < -0.3 is 5.73 Å². The summed E-state index contributed by atoms with van der Waals surface area (Å²) in [6, 6.07) is -0.358. The third-order valence-corrected chi connectivity index (χ3v) is 2.10. The molecule has 0 aromatic carbocycles. The van der Waals surface area contributed by atoms with Gasteiger partial charge in [0.2, 0.25) is 6.29 Å². The van der Waals surface area contributed by atoms with Gasteiger partial charge in [-0.25, -0.2) is 8.37 Å². The van der Waals surface area contributed by atoms with Crippen molar-refractivity contribution in [2.45, 2.75) is 25.7 Å². The van der Waals surface area contributed by atoms with Crippen molar-refractivity contribution >= 4 is 10.4 Å². The first-order chi connectivity index (χ1) is 4.55. The van der Waals surface area contributed by atoms with Crippen LogP contribution in [-0.2, 0) is 18.8 Å². The van der Waals surface area contributed by atoms with Crippen LogP contribution in [0.1, 0.15) is 13.3 Å². The molecule has 1 rings (SSSR count). The van der Waals surface area contributed by atoms with E-state index < -0.39 is 16.7 Å². The van der Waals surface area contributed by atoms with Crippen molar-refractivity contribution in [1.29, 1.82) is 0 Å². The highest BCUT2D eigenvalue weighted by Gasteiger charge is 2.39. The zero-order valence-corrected chi connectivity index (χ0v) is 6.30. The molecular formula is C4H9NO4S. The normalized spacial score (nSPS) is 27.4. The van der Waals surface area contributed by atoms with E-state index in [0.29, 0.717) is 6.42 Å². The zero-order chi connectivity index (χ0) is 7.78. The third-order valence-electron chi connectivity index (χ3n) is 1.25. The lowest BCUT2D eigenvalue weighted by atomic mass is 10.2. The Kier molecular flexibility index (Phi) is 1.95. The fourth-order valence-corrected chi connectivity index (χ4v) is 1.34. The van der Waals surface area contributed by atoms with Crippen LogP contribution in [0, 0.1) is 0 Å². The van der Waals surface area contributed by atoms with E-state index in [1.54, 1.807) is 0 Å². The minimum absolute atomic E-state index is 0.358. The van der Waals surface area contributed by atoms with Crippen molar-refractivity contribution in [2.75, 3.05) is 0 Å². The summed E-state index contributed by atoms with van der Waals surface area (Å²) in [6.07, 6.45) is -0.143. The standard InChI is InChI=1S/C4H9NO4S/c1-2-3(5)4-8-10(6,7)9-4/h3-4H,2,5H2,1H3. The van der Waals surface area contributed by atoms with Crippen molar-refractivity contribution in [3.05, 3.63) is 0 Å². The van der Waals surface area contributed by atoms with Crippen LogP contribution in [-0.4, -0.2) is 20.7 Å². The van der Waals surface area contributed by atoms with Gasteiger partial charge in [-0.15, -0.1) is 0 Å². The predicted octanol–water partition coefficient (Wildman–Crippen LogP) is -0.659. The molecule has 1 heterocycles. The highest BCUT2D eigenvalue weighted by Crippen LogP contribution is 2.20. The molecule has 1 fully saturated rings. The van der Waals surface area contributed by atoms with Crippen LogP contribution in [0.5, 0.6) is 0 Å². The molecule has 2 N–H and O–H groups in total. The number of hydrogen-bond donors (Lipinski definition) is 1. The smallest absolute Gasteiger partial charge is 0.323 e. The van der Waals surface area contributed by atoms with Gasteiger partial charge in [-0.1, -0.05) is 6.92 Å². The number of nitrogens with two attached hydrogens (primary N) is 1. The Labute approximate surface area is 59.4 Å². The summed E-state index contributed by atoms with van der Waals surface area (Å²) in [5.74, 6) is 0. The summed E-state index contributed by atoms with van der Waals surface area (Å²) in [5.41, 5.74) is 5.38. The average Bonchev–Trinajstić information content (AvgIpc) is 1.81. The van der Waals surface area contributed by atoms with Gasteiger partial charge in [0, 0.05) is 0 Å². The van der Waals surface area contributed by atoms with Crippen LogP contribution in [0.15, 0.2) is 0 Å². The van der Waals surface area contributed by atoms with Crippen LogP contribution in [0.2, 0.25) is 0 Å². The molecule has 0 bridgehead atoms. The van der Waals surface area contributed by atoms with Gasteiger partial charge in [0.1, 0.15) is 0 Å². The molecule has 1 saturated heterocycles. The van der Waals surface area contributed by atoms with E-state index in [-0.39, 0.29) is 6.04 Å². The van der Waals surface area contributed by atoms with Gasteiger partial charge in [-0.2, -0.15) is 8.42 Å². The molecule has 5 nitrogen and oxygen atoms in total. The van der Waals surface area contributed by atoms with Crippen LogP contribution in [0.25, 0.3) is 0 Å². The van der Waals surface area contributed by atoms with Gasteiger partial charge >= 0.3 is 10.4 Å². The van der Waals surface area contributed by atoms with E-state index in [0.717, 1.165) is 0 Å². The van der Waals surface area contributed by atoms with Gasteiger partial charge in [0.25, 0.3) is 0 Å². The maximum Gasteiger partial charge on any atom is 0.405 e. The minimum atomic E-state index is -3.67. The summed E-state index contributed by atoms with van der Waals surface area (Å²) < 4.78 is 29.0. The second-order valence-corrected chi connectivity index (χ2v) is 3.24. The topological polar surface area (TPSA) is 78.6 Å². The highest BCUT2D eigenvalue weighted by molar-refractivity contribution is 7.82. The maximum atomic E-state index is 10.2. The molecule has 0 spiro atoms. The Balaban J connectivity index is 2.40. The Morgan fingerprint density at radius 3 is 2.40 bits per heavy atom. The van der Waals surface area contributed by atoms with Crippen LogP contribution in [0.3, 0.4) is 0 Å². The van der Waals surface area contributed by atoms with E-state index in [9.17, 15) is 8.42 Å². The van der Waals surface area contributed by atoms with E-state index in [1.165, 1.54) is 0 Å². The van der Waals surface area contributed by atoms with Crippen LogP contribution < -0.4 is 5.73 Å². The van der Waals surface area contributed by atoms with E-state index >= 15 is 0 Å². The fraction of sp³-hybridized carbons (Fsp3) is 1.00. The van der Waals surface area contributed by atoms with Gasteiger partial charge in [0.15, 0.2) is 0 Å². The Morgan fingerprint density at radius 2 is 2.10 bits per heavy atom. The second kappa shape index (κ2) is 2.46. The zero-order valence-electron chi connectivity index (χ0n) is 5.48. The quantitative estimate of drug-likeness (QED) is 0.590. The van der Waals surface area contributed by atoms with Crippen LogP contribution in [0.4, 0.5) is 0 Å². The van der Waals surface area contributed by atoms with E-state index in [1.807, 2.05) is 6.92 Å². The highest BCUT2D eigenvalue weighted by atomic mass is 32.3.